The fraction of sp³-hybridized carbons (Fsp3) is 0.194. The van der Waals surface area contributed by atoms with Crippen LogP contribution in [0.2, 0.25) is 5.15 Å². The number of nitrogens with one attached hydrogen (secondary N) is 2. The monoisotopic (exact) mass is 573 g/mol. The number of pyridine rings is 2. The predicted molar refractivity (Wildman–Crippen MR) is 167 cm³/mol. The molecule has 5 rings (SSSR count). The maximum atomic E-state index is 12.5. The summed E-state index contributed by atoms with van der Waals surface area (Å²) < 4.78 is 3.05. The number of benzene rings is 2. The number of nitrogens with zero attached hydrogens (tertiary/aromatic N) is 3. The molecule has 0 fully saturated rings. The fourth-order valence-corrected chi connectivity index (χ4v) is 4.59. The van der Waals surface area contributed by atoms with E-state index in [4.69, 9.17) is 11.6 Å². The molecule has 40 heavy (non-hydrogen) atoms. The largest absolute Gasteiger partial charge is 0.344 e. The zero-order valence-electron chi connectivity index (χ0n) is 23.2. The van der Waals surface area contributed by atoms with Crippen molar-refractivity contribution in [1.29, 1.82) is 0 Å². The van der Waals surface area contributed by atoms with E-state index in [0.29, 0.717) is 39.7 Å². The van der Waals surface area contributed by atoms with Crippen molar-refractivity contribution in [2.24, 2.45) is 0 Å². The lowest BCUT2D eigenvalue weighted by molar-refractivity contribution is 0.112. The van der Waals surface area contributed by atoms with Crippen LogP contribution in [-0.2, 0) is 5.75 Å². The molecule has 3 heterocycles. The maximum absolute atomic E-state index is 12.5. The van der Waals surface area contributed by atoms with Gasteiger partial charge in [-0.25, -0.2) is 15.0 Å². The summed E-state index contributed by atoms with van der Waals surface area (Å²) in [5.74, 6) is 1.04. The molecule has 0 amide bonds. The van der Waals surface area contributed by atoms with Crippen molar-refractivity contribution in [2.45, 2.75) is 33.4 Å². The van der Waals surface area contributed by atoms with Crippen LogP contribution in [0.1, 0.15) is 41.0 Å². The van der Waals surface area contributed by atoms with E-state index in [1.807, 2.05) is 64.2 Å². The average Bonchev–Trinajstić information content (AvgIpc) is 2.97. The second kappa shape index (κ2) is 15.1. The van der Waals surface area contributed by atoms with Crippen LogP contribution < -0.4 is 10.2 Å². The number of carbonyl (C=O) groups is 1. The first-order chi connectivity index (χ1) is 19.4. The molecule has 0 saturated heterocycles. The number of H-pyrrole nitrogens is 1. The molecule has 0 spiro atoms. The van der Waals surface area contributed by atoms with Gasteiger partial charge in [-0.2, -0.15) is 0 Å². The molecule has 0 saturated carbocycles. The summed E-state index contributed by atoms with van der Waals surface area (Å²) >= 11 is 7.84. The molecule has 5 aromatic rings. The highest BCUT2D eigenvalue weighted by Crippen LogP contribution is 2.31. The number of carbonyl (C=O) groups excluding carboxylic acids is 1. The molecule has 206 valence electrons. The number of aromatic nitrogens is 4. The van der Waals surface area contributed by atoms with Crippen molar-refractivity contribution < 1.29 is 4.79 Å². The molecule has 0 aliphatic rings. The standard InChI is InChI=1S/C20H13ClN4O2.C9H13NS.C2H6/c1-11-7-13(8-15(21)23-11)17-16(12-5-3-2-4-6-12)25-20-18(24-17)19(27)14(10-26)9-22-20;1-8-4-3-5-9(6-8)7-11-10-2;1-2/h2-10H,1H3,(H,22,25,27);3-6,10H,7H2,1-2H3;1-2H3. The van der Waals surface area contributed by atoms with Crippen LogP contribution in [0.3, 0.4) is 0 Å². The van der Waals surface area contributed by atoms with Gasteiger partial charge in [0.2, 0.25) is 5.43 Å². The quantitative estimate of drug-likeness (QED) is 0.126. The van der Waals surface area contributed by atoms with Crippen molar-refractivity contribution in [2.75, 3.05) is 7.05 Å². The number of aryl methyl sites for hydroxylation is 2. The van der Waals surface area contributed by atoms with E-state index < -0.39 is 5.43 Å². The van der Waals surface area contributed by atoms with Gasteiger partial charge in [0, 0.05) is 28.8 Å². The zero-order chi connectivity index (χ0) is 29.1. The highest BCUT2D eigenvalue weighted by atomic mass is 35.5. The Morgan fingerprint density at radius 3 is 2.30 bits per heavy atom. The number of fused-ring (bicyclic) bond motifs is 1. The Balaban J connectivity index is 0.000000285. The summed E-state index contributed by atoms with van der Waals surface area (Å²) in [5.41, 5.74) is 5.99. The van der Waals surface area contributed by atoms with Crippen molar-refractivity contribution in [1.82, 2.24) is 24.7 Å². The second-order valence-electron chi connectivity index (χ2n) is 8.48. The fourth-order valence-electron chi connectivity index (χ4n) is 3.85. The molecule has 0 aliphatic carbocycles. The van der Waals surface area contributed by atoms with E-state index >= 15 is 0 Å². The molecule has 0 unspecified atom stereocenters. The first-order valence-corrected chi connectivity index (χ1v) is 14.2. The van der Waals surface area contributed by atoms with Crippen molar-refractivity contribution >= 4 is 41.0 Å². The molecule has 0 bridgehead atoms. The second-order valence-corrected chi connectivity index (χ2v) is 9.85. The Labute approximate surface area is 243 Å². The van der Waals surface area contributed by atoms with E-state index in [1.54, 1.807) is 18.0 Å². The van der Waals surface area contributed by atoms with Crippen LogP contribution in [0.5, 0.6) is 0 Å². The van der Waals surface area contributed by atoms with Gasteiger partial charge in [-0.3, -0.25) is 14.3 Å². The normalized spacial score (nSPS) is 10.2. The van der Waals surface area contributed by atoms with E-state index in [9.17, 15) is 9.59 Å². The van der Waals surface area contributed by atoms with E-state index in [2.05, 4.69) is 55.8 Å². The highest BCUT2D eigenvalue weighted by molar-refractivity contribution is 7.96. The summed E-state index contributed by atoms with van der Waals surface area (Å²) in [6, 6.07) is 21.6. The SMILES string of the molecule is CC.CNSCc1cccc(C)c1.Cc1cc(-c2nc3c(=O)c(C=O)c[nH]c3nc2-c2ccccc2)cc(Cl)n1. The molecule has 0 radical (unpaired) electrons. The highest BCUT2D eigenvalue weighted by Gasteiger charge is 2.17. The summed E-state index contributed by atoms with van der Waals surface area (Å²) in [4.78, 5) is 39.9. The van der Waals surface area contributed by atoms with Gasteiger partial charge in [-0.1, -0.05) is 97.6 Å². The van der Waals surface area contributed by atoms with Crippen molar-refractivity contribution in [3.05, 3.63) is 111 Å². The Bertz CT molecular complexity index is 1620. The van der Waals surface area contributed by atoms with Crippen LogP contribution in [0.15, 0.2) is 77.7 Å². The van der Waals surface area contributed by atoms with Gasteiger partial charge in [0.05, 0.1) is 17.0 Å². The van der Waals surface area contributed by atoms with Gasteiger partial charge in [0.15, 0.2) is 17.5 Å². The van der Waals surface area contributed by atoms with E-state index in [1.165, 1.54) is 17.3 Å². The van der Waals surface area contributed by atoms with Crippen LogP contribution >= 0.6 is 23.5 Å². The molecule has 0 aliphatic heterocycles. The van der Waals surface area contributed by atoms with Crippen LogP contribution in [0.25, 0.3) is 33.7 Å². The molecule has 2 N–H and O–H groups in total. The molecule has 3 aromatic heterocycles. The Hall–Kier alpha value is -3.85. The smallest absolute Gasteiger partial charge is 0.219 e. The minimum absolute atomic E-state index is 0.000785. The van der Waals surface area contributed by atoms with E-state index in [0.717, 1.165) is 11.3 Å². The number of aromatic amines is 1. The first-order valence-electron chi connectivity index (χ1n) is 12.8. The van der Waals surface area contributed by atoms with Gasteiger partial charge in [-0.15, -0.1) is 0 Å². The molecule has 2 aromatic carbocycles. The van der Waals surface area contributed by atoms with Gasteiger partial charge in [-0.05, 0) is 38.6 Å². The Kier molecular flexibility index (Phi) is 11.6. The van der Waals surface area contributed by atoms with Gasteiger partial charge in [0.1, 0.15) is 5.15 Å². The summed E-state index contributed by atoms with van der Waals surface area (Å²) in [6.45, 7) is 7.94. The lowest BCUT2D eigenvalue weighted by Gasteiger charge is -2.11. The Morgan fingerprint density at radius 1 is 0.925 bits per heavy atom. The lowest BCUT2D eigenvalue weighted by atomic mass is 10.0. The third kappa shape index (κ3) is 7.85. The van der Waals surface area contributed by atoms with E-state index in [-0.39, 0.29) is 11.1 Å². The minimum Gasteiger partial charge on any atom is -0.344 e. The lowest BCUT2D eigenvalue weighted by Crippen LogP contribution is -2.13. The molecule has 7 nitrogen and oxygen atoms in total. The van der Waals surface area contributed by atoms with Crippen LogP contribution in [0.4, 0.5) is 0 Å². The summed E-state index contributed by atoms with van der Waals surface area (Å²) in [6.07, 6.45) is 1.84. The zero-order valence-corrected chi connectivity index (χ0v) is 24.7. The molecular formula is C31H32ClN5O2S. The number of halogens is 1. The van der Waals surface area contributed by atoms with Crippen LogP contribution in [-0.4, -0.2) is 33.3 Å². The summed E-state index contributed by atoms with van der Waals surface area (Å²) in [5, 5.41) is 0.321. The number of aldehydes is 1. The minimum atomic E-state index is -0.469. The first kappa shape index (κ1) is 30.7. The number of hydrogen-bond donors (Lipinski definition) is 2. The van der Waals surface area contributed by atoms with Gasteiger partial charge in [0.25, 0.3) is 0 Å². The van der Waals surface area contributed by atoms with Gasteiger partial charge < -0.3 is 4.98 Å². The number of rotatable bonds is 6. The number of hydrogen-bond acceptors (Lipinski definition) is 7. The average molecular weight is 574 g/mol. The molecule has 0 atom stereocenters. The maximum Gasteiger partial charge on any atom is 0.219 e. The Morgan fingerprint density at radius 2 is 1.65 bits per heavy atom. The molecular weight excluding hydrogens is 542 g/mol. The molecule has 9 heteroatoms. The van der Waals surface area contributed by atoms with Crippen LogP contribution in [0, 0.1) is 13.8 Å². The van der Waals surface area contributed by atoms with Crippen molar-refractivity contribution in [3.8, 4) is 22.5 Å². The third-order valence-electron chi connectivity index (χ3n) is 5.57. The van der Waals surface area contributed by atoms with Crippen molar-refractivity contribution in [3.63, 3.8) is 0 Å². The third-order valence-corrected chi connectivity index (χ3v) is 6.53. The topological polar surface area (TPSA) is 101 Å². The predicted octanol–water partition coefficient (Wildman–Crippen LogP) is 7.21. The summed E-state index contributed by atoms with van der Waals surface area (Å²) in [7, 11) is 1.94. The van der Waals surface area contributed by atoms with Gasteiger partial charge >= 0.3 is 0 Å².